The predicted octanol–water partition coefficient (Wildman–Crippen LogP) is 1.85. The summed E-state index contributed by atoms with van der Waals surface area (Å²) in [5, 5.41) is 0. The van der Waals surface area contributed by atoms with E-state index < -0.39 is 11.6 Å². The standard InChI is InChI=1S/C10H18O4/c1-6-12-9(11)8(2)7-13-14-10(3,4)5/h2,6-7H2,1,3-5H3. The van der Waals surface area contributed by atoms with Crippen molar-refractivity contribution in [2.75, 3.05) is 13.2 Å². The van der Waals surface area contributed by atoms with Crippen LogP contribution in [0.4, 0.5) is 0 Å². The topological polar surface area (TPSA) is 44.8 Å². The van der Waals surface area contributed by atoms with Crippen LogP contribution >= 0.6 is 0 Å². The fraction of sp³-hybridized carbons (Fsp3) is 0.700. The summed E-state index contributed by atoms with van der Waals surface area (Å²) in [6.07, 6.45) is 0. The van der Waals surface area contributed by atoms with Gasteiger partial charge in [0.25, 0.3) is 0 Å². The van der Waals surface area contributed by atoms with Gasteiger partial charge in [0.05, 0.1) is 17.8 Å². The lowest BCUT2D eigenvalue weighted by Gasteiger charge is -2.17. The number of carbonyl (C=O) groups excluding carboxylic acids is 1. The summed E-state index contributed by atoms with van der Waals surface area (Å²) in [5.41, 5.74) is -0.148. The molecule has 0 radical (unpaired) electrons. The fourth-order valence-corrected chi connectivity index (χ4v) is 0.569. The van der Waals surface area contributed by atoms with Crippen LogP contribution in [-0.4, -0.2) is 24.8 Å². The normalized spacial score (nSPS) is 11.1. The van der Waals surface area contributed by atoms with Gasteiger partial charge in [-0.3, -0.25) is 0 Å². The van der Waals surface area contributed by atoms with Crippen LogP contribution in [0.3, 0.4) is 0 Å². The molecule has 0 fully saturated rings. The molecule has 0 aliphatic rings. The maximum atomic E-state index is 11.0. The molecule has 0 aliphatic heterocycles. The predicted molar refractivity (Wildman–Crippen MR) is 52.6 cm³/mol. The third kappa shape index (κ3) is 6.62. The summed E-state index contributed by atoms with van der Waals surface area (Å²) in [4.78, 5) is 20.8. The summed E-state index contributed by atoms with van der Waals surface area (Å²) in [5.74, 6) is -0.454. The van der Waals surface area contributed by atoms with E-state index in [1.165, 1.54) is 0 Å². The fourth-order valence-electron chi connectivity index (χ4n) is 0.569. The zero-order valence-corrected chi connectivity index (χ0v) is 9.25. The first-order chi connectivity index (χ1) is 6.37. The van der Waals surface area contributed by atoms with Crippen LogP contribution in [0.5, 0.6) is 0 Å². The highest BCUT2D eigenvalue weighted by molar-refractivity contribution is 5.87. The molecule has 0 aromatic rings. The molecule has 0 bridgehead atoms. The highest BCUT2D eigenvalue weighted by Gasteiger charge is 2.13. The minimum Gasteiger partial charge on any atom is -0.463 e. The molecule has 0 unspecified atom stereocenters. The number of carbonyl (C=O) groups is 1. The van der Waals surface area contributed by atoms with E-state index in [0.29, 0.717) is 6.61 Å². The first-order valence-electron chi connectivity index (χ1n) is 4.52. The molecule has 0 saturated carbocycles. The average molecular weight is 202 g/mol. The molecule has 0 aliphatic carbocycles. The molecule has 0 spiro atoms. The highest BCUT2D eigenvalue weighted by atomic mass is 17.2. The summed E-state index contributed by atoms with van der Waals surface area (Å²) in [6, 6.07) is 0. The summed E-state index contributed by atoms with van der Waals surface area (Å²) in [7, 11) is 0. The number of rotatable bonds is 5. The monoisotopic (exact) mass is 202 g/mol. The molecule has 4 heteroatoms. The van der Waals surface area contributed by atoms with Gasteiger partial charge in [-0.25, -0.2) is 14.6 Å². The molecule has 0 N–H and O–H groups in total. The van der Waals surface area contributed by atoms with Crippen molar-refractivity contribution in [3.8, 4) is 0 Å². The second-order valence-corrected chi connectivity index (χ2v) is 3.78. The van der Waals surface area contributed by atoms with Crippen LogP contribution in [0, 0.1) is 0 Å². The third-order valence-corrected chi connectivity index (χ3v) is 1.11. The molecule has 0 saturated heterocycles. The van der Waals surface area contributed by atoms with Gasteiger partial charge in [-0.2, -0.15) is 0 Å². The van der Waals surface area contributed by atoms with Gasteiger partial charge in [-0.05, 0) is 27.7 Å². The van der Waals surface area contributed by atoms with E-state index in [1.807, 2.05) is 20.8 Å². The number of hydrogen-bond acceptors (Lipinski definition) is 4. The van der Waals surface area contributed by atoms with Crippen molar-refractivity contribution in [3.63, 3.8) is 0 Å². The van der Waals surface area contributed by atoms with Crippen LogP contribution in [0.1, 0.15) is 27.7 Å². The van der Waals surface area contributed by atoms with E-state index in [0.717, 1.165) is 0 Å². The highest BCUT2D eigenvalue weighted by Crippen LogP contribution is 2.08. The SMILES string of the molecule is C=C(COOC(C)(C)C)C(=O)OCC. The van der Waals surface area contributed by atoms with E-state index in [-0.39, 0.29) is 12.2 Å². The molecule has 0 amide bonds. The first kappa shape index (κ1) is 13.1. The minimum atomic E-state index is -0.454. The molecule has 0 aromatic heterocycles. The summed E-state index contributed by atoms with van der Waals surface area (Å²) >= 11 is 0. The molecule has 0 atom stereocenters. The van der Waals surface area contributed by atoms with E-state index in [2.05, 4.69) is 6.58 Å². The zero-order chi connectivity index (χ0) is 11.2. The lowest BCUT2D eigenvalue weighted by molar-refractivity contribution is -0.343. The van der Waals surface area contributed by atoms with E-state index in [1.54, 1.807) is 6.92 Å². The quantitative estimate of drug-likeness (QED) is 0.295. The Labute approximate surface area is 84.8 Å². The van der Waals surface area contributed by atoms with Crippen LogP contribution in [0.25, 0.3) is 0 Å². The van der Waals surface area contributed by atoms with Gasteiger partial charge in [0.2, 0.25) is 0 Å². The lowest BCUT2D eigenvalue weighted by atomic mass is 10.2. The van der Waals surface area contributed by atoms with Crippen LogP contribution < -0.4 is 0 Å². The molecule has 82 valence electrons. The van der Waals surface area contributed by atoms with Gasteiger partial charge < -0.3 is 4.74 Å². The molecule has 14 heavy (non-hydrogen) atoms. The van der Waals surface area contributed by atoms with Crippen LogP contribution in [0.2, 0.25) is 0 Å². The smallest absolute Gasteiger partial charge is 0.335 e. The van der Waals surface area contributed by atoms with Crippen molar-refractivity contribution in [2.45, 2.75) is 33.3 Å². The van der Waals surface area contributed by atoms with Crippen LogP contribution in [0.15, 0.2) is 12.2 Å². The van der Waals surface area contributed by atoms with Crippen LogP contribution in [-0.2, 0) is 19.3 Å². The van der Waals surface area contributed by atoms with Gasteiger partial charge in [-0.1, -0.05) is 6.58 Å². The minimum absolute atomic E-state index is 0.0239. The van der Waals surface area contributed by atoms with E-state index in [4.69, 9.17) is 14.5 Å². The Balaban J connectivity index is 3.70. The van der Waals surface area contributed by atoms with Crippen molar-refractivity contribution in [1.82, 2.24) is 0 Å². The second-order valence-electron chi connectivity index (χ2n) is 3.78. The van der Waals surface area contributed by atoms with Gasteiger partial charge in [-0.15, -0.1) is 0 Å². The van der Waals surface area contributed by atoms with Crippen molar-refractivity contribution < 1.29 is 19.3 Å². The maximum Gasteiger partial charge on any atom is 0.335 e. The summed E-state index contributed by atoms with van der Waals surface area (Å²) in [6.45, 7) is 11.1. The molecule has 0 rings (SSSR count). The van der Waals surface area contributed by atoms with Crippen molar-refractivity contribution >= 4 is 5.97 Å². The molecule has 4 nitrogen and oxygen atoms in total. The Morgan fingerprint density at radius 2 is 1.93 bits per heavy atom. The Morgan fingerprint density at radius 1 is 1.36 bits per heavy atom. The molecule has 0 aromatic carbocycles. The second kappa shape index (κ2) is 5.78. The maximum absolute atomic E-state index is 11.0. The molecule has 0 heterocycles. The van der Waals surface area contributed by atoms with Gasteiger partial charge in [0, 0.05) is 0 Å². The number of esters is 1. The van der Waals surface area contributed by atoms with Crippen molar-refractivity contribution in [2.24, 2.45) is 0 Å². The first-order valence-corrected chi connectivity index (χ1v) is 4.52. The van der Waals surface area contributed by atoms with Crippen molar-refractivity contribution in [3.05, 3.63) is 12.2 Å². The van der Waals surface area contributed by atoms with Gasteiger partial charge >= 0.3 is 5.97 Å². The Hall–Kier alpha value is -0.870. The zero-order valence-electron chi connectivity index (χ0n) is 9.25. The molecular weight excluding hydrogens is 184 g/mol. The third-order valence-electron chi connectivity index (χ3n) is 1.11. The number of ether oxygens (including phenoxy) is 1. The largest absolute Gasteiger partial charge is 0.463 e. The Bertz CT molecular complexity index is 203. The van der Waals surface area contributed by atoms with Crippen molar-refractivity contribution in [1.29, 1.82) is 0 Å². The molecular formula is C10H18O4. The van der Waals surface area contributed by atoms with Gasteiger partial charge in [0.1, 0.15) is 6.61 Å². The number of hydrogen-bond donors (Lipinski definition) is 0. The van der Waals surface area contributed by atoms with E-state index in [9.17, 15) is 4.79 Å². The van der Waals surface area contributed by atoms with Gasteiger partial charge in [0.15, 0.2) is 0 Å². The Kier molecular flexibility index (Phi) is 5.42. The van der Waals surface area contributed by atoms with E-state index >= 15 is 0 Å². The lowest BCUT2D eigenvalue weighted by Crippen LogP contribution is -2.21. The Morgan fingerprint density at radius 3 is 2.36 bits per heavy atom. The average Bonchev–Trinajstić information content (AvgIpc) is 2.02. The summed E-state index contributed by atoms with van der Waals surface area (Å²) < 4.78 is 4.71.